The van der Waals surface area contributed by atoms with Gasteiger partial charge in [-0.1, -0.05) is 12.2 Å². The smallest absolute Gasteiger partial charge is 0.305 e. The second kappa shape index (κ2) is 8.74. The van der Waals surface area contributed by atoms with Crippen LogP contribution in [0, 0.1) is 11.8 Å². The Labute approximate surface area is 121 Å². The molecule has 0 radical (unpaired) electrons. The first-order valence-corrected chi connectivity index (χ1v) is 7.21. The number of rotatable bonds is 7. The lowest BCUT2D eigenvalue weighted by Gasteiger charge is -2.26. The molecule has 2 atom stereocenters. The molecule has 0 aromatic carbocycles. The number of carbonyl (C=O) groups is 2. The fourth-order valence-electron chi connectivity index (χ4n) is 2.37. The van der Waals surface area contributed by atoms with E-state index >= 15 is 0 Å². The van der Waals surface area contributed by atoms with Gasteiger partial charge in [0.2, 0.25) is 5.91 Å². The van der Waals surface area contributed by atoms with Gasteiger partial charge in [-0.2, -0.15) is 0 Å². The van der Waals surface area contributed by atoms with Gasteiger partial charge >= 0.3 is 5.97 Å². The van der Waals surface area contributed by atoms with E-state index < -0.39 is 0 Å². The monoisotopic (exact) mass is 282 g/mol. The summed E-state index contributed by atoms with van der Waals surface area (Å²) >= 11 is 0. The fraction of sp³-hybridized carbons (Fsp3) is 0.733. The first-order chi connectivity index (χ1) is 9.54. The van der Waals surface area contributed by atoms with Crippen molar-refractivity contribution in [3.05, 3.63) is 12.2 Å². The van der Waals surface area contributed by atoms with Gasteiger partial charge in [0.1, 0.15) is 0 Å². The Morgan fingerprint density at radius 1 is 1.30 bits per heavy atom. The molecule has 1 rings (SSSR count). The molecule has 0 aliphatic heterocycles. The molecule has 20 heavy (non-hydrogen) atoms. The Hall–Kier alpha value is -1.36. The fourth-order valence-corrected chi connectivity index (χ4v) is 2.37. The van der Waals surface area contributed by atoms with Crippen LogP contribution < -0.4 is 5.32 Å². The SMILES string of the molecule is CNC(=O)C1CC=CCC1COC(=O)CCCN(C)C. The normalized spacial score (nSPS) is 21.8. The highest BCUT2D eigenvalue weighted by Crippen LogP contribution is 2.26. The molecule has 0 aromatic heterocycles. The van der Waals surface area contributed by atoms with Gasteiger partial charge < -0.3 is 15.0 Å². The molecule has 2 unspecified atom stereocenters. The van der Waals surface area contributed by atoms with Crippen molar-refractivity contribution >= 4 is 11.9 Å². The molecular weight excluding hydrogens is 256 g/mol. The van der Waals surface area contributed by atoms with E-state index in [1.165, 1.54) is 0 Å². The maximum atomic E-state index is 11.8. The van der Waals surface area contributed by atoms with Crippen LogP contribution in [0.25, 0.3) is 0 Å². The average molecular weight is 282 g/mol. The van der Waals surface area contributed by atoms with Gasteiger partial charge in [-0.25, -0.2) is 0 Å². The molecule has 5 heteroatoms. The Balaban J connectivity index is 2.33. The highest BCUT2D eigenvalue weighted by molar-refractivity contribution is 5.79. The summed E-state index contributed by atoms with van der Waals surface area (Å²) in [6.07, 6.45) is 6.84. The molecule has 5 nitrogen and oxygen atoms in total. The summed E-state index contributed by atoms with van der Waals surface area (Å²) in [6.45, 7) is 1.21. The highest BCUT2D eigenvalue weighted by Gasteiger charge is 2.29. The quantitative estimate of drug-likeness (QED) is 0.563. The van der Waals surface area contributed by atoms with Crippen LogP contribution in [-0.2, 0) is 14.3 Å². The van der Waals surface area contributed by atoms with E-state index in [4.69, 9.17) is 4.74 Å². The third kappa shape index (κ3) is 5.74. The van der Waals surface area contributed by atoms with E-state index in [1.54, 1.807) is 7.05 Å². The molecule has 1 N–H and O–H groups in total. The number of carbonyl (C=O) groups excluding carboxylic acids is 2. The molecule has 1 aliphatic carbocycles. The molecule has 0 aromatic rings. The van der Waals surface area contributed by atoms with Gasteiger partial charge in [0.25, 0.3) is 0 Å². The summed E-state index contributed by atoms with van der Waals surface area (Å²) in [4.78, 5) is 25.5. The summed E-state index contributed by atoms with van der Waals surface area (Å²) in [5, 5.41) is 2.68. The lowest BCUT2D eigenvalue weighted by atomic mass is 9.83. The van der Waals surface area contributed by atoms with Crippen LogP contribution in [0.5, 0.6) is 0 Å². The minimum atomic E-state index is -0.169. The summed E-state index contributed by atoms with van der Waals surface area (Å²) in [5.74, 6) is -0.127. The van der Waals surface area contributed by atoms with Crippen LogP contribution >= 0.6 is 0 Å². The zero-order valence-corrected chi connectivity index (χ0v) is 12.7. The summed E-state index contributed by atoms with van der Waals surface area (Å²) in [6, 6.07) is 0. The Morgan fingerprint density at radius 3 is 2.65 bits per heavy atom. The number of amides is 1. The van der Waals surface area contributed by atoms with Crippen LogP contribution in [0.2, 0.25) is 0 Å². The van der Waals surface area contributed by atoms with Crippen LogP contribution in [0.15, 0.2) is 12.2 Å². The first kappa shape index (κ1) is 16.7. The van der Waals surface area contributed by atoms with Crippen molar-refractivity contribution in [1.82, 2.24) is 10.2 Å². The topological polar surface area (TPSA) is 58.6 Å². The van der Waals surface area contributed by atoms with E-state index in [0.29, 0.717) is 13.0 Å². The number of esters is 1. The predicted molar refractivity (Wildman–Crippen MR) is 78.2 cm³/mol. The maximum absolute atomic E-state index is 11.8. The van der Waals surface area contributed by atoms with Crippen molar-refractivity contribution in [1.29, 1.82) is 0 Å². The zero-order valence-electron chi connectivity index (χ0n) is 12.7. The van der Waals surface area contributed by atoms with Gasteiger partial charge in [-0.3, -0.25) is 9.59 Å². The number of hydrogen-bond donors (Lipinski definition) is 1. The number of nitrogens with zero attached hydrogens (tertiary/aromatic N) is 1. The summed E-state index contributed by atoms with van der Waals surface area (Å²) in [5.41, 5.74) is 0. The molecule has 0 fully saturated rings. The molecular formula is C15H26N2O3. The molecule has 1 aliphatic rings. The minimum Gasteiger partial charge on any atom is -0.465 e. The second-order valence-electron chi connectivity index (χ2n) is 5.51. The van der Waals surface area contributed by atoms with E-state index in [1.807, 2.05) is 25.1 Å². The lowest BCUT2D eigenvalue weighted by molar-refractivity contribution is -0.147. The number of ether oxygens (including phenoxy) is 1. The number of allylic oxidation sites excluding steroid dienone is 2. The van der Waals surface area contributed by atoms with Gasteiger partial charge in [0.05, 0.1) is 6.61 Å². The maximum Gasteiger partial charge on any atom is 0.305 e. The van der Waals surface area contributed by atoms with Crippen LogP contribution in [0.4, 0.5) is 0 Å². The van der Waals surface area contributed by atoms with Gasteiger partial charge in [-0.15, -0.1) is 0 Å². The Kier molecular flexibility index (Phi) is 7.30. The number of nitrogens with one attached hydrogen (secondary N) is 1. The third-order valence-corrected chi connectivity index (χ3v) is 3.59. The van der Waals surface area contributed by atoms with E-state index in [-0.39, 0.29) is 23.7 Å². The molecule has 1 amide bonds. The van der Waals surface area contributed by atoms with Crippen LogP contribution in [0.1, 0.15) is 25.7 Å². The summed E-state index contributed by atoms with van der Waals surface area (Å²) < 4.78 is 5.32. The highest BCUT2D eigenvalue weighted by atomic mass is 16.5. The molecule has 0 spiro atoms. The predicted octanol–water partition coefficient (Wildman–Crippen LogP) is 1.20. The number of hydrogen-bond acceptors (Lipinski definition) is 4. The van der Waals surface area contributed by atoms with Gasteiger partial charge in [0, 0.05) is 25.3 Å². The van der Waals surface area contributed by atoms with Crippen molar-refractivity contribution in [3.63, 3.8) is 0 Å². The summed E-state index contributed by atoms with van der Waals surface area (Å²) in [7, 11) is 5.60. The third-order valence-electron chi connectivity index (χ3n) is 3.59. The van der Waals surface area contributed by atoms with E-state index in [2.05, 4.69) is 11.4 Å². The van der Waals surface area contributed by atoms with Crippen molar-refractivity contribution in [2.24, 2.45) is 11.8 Å². The molecule has 0 saturated heterocycles. The molecule has 0 bridgehead atoms. The molecule has 114 valence electrons. The van der Waals surface area contributed by atoms with Crippen molar-refractivity contribution in [3.8, 4) is 0 Å². The van der Waals surface area contributed by atoms with E-state index in [0.717, 1.165) is 25.8 Å². The lowest BCUT2D eigenvalue weighted by Crippen LogP contribution is -2.36. The van der Waals surface area contributed by atoms with Crippen LogP contribution in [0.3, 0.4) is 0 Å². The molecule has 0 saturated carbocycles. The zero-order chi connectivity index (χ0) is 15.0. The largest absolute Gasteiger partial charge is 0.465 e. The van der Waals surface area contributed by atoms with Crippen LogP contribution in [-0.4, -0.2) is 51.1 Å². The Bertz CT molecular complexity index is 353. The first-order valence-electron chi connectivity index (χ1n) is 7.21. The second-order valence-corrected chi connectivity index (χ2v) is 5.51. The average Bonchev–Trinajstić information content (AvgIpc) is 2.44. The molecule has 0 heterocycles. The van der Waals surface area contributed by atoms with Gasteiger partial charge in [-0.05, 0) is 39.9 Å². The van der Waals surface area contributed by atoms with Crippen molar-refractivity contribution in [2.45, 2.75) is 25.7 Å². The van der Waals surface area contributed by atoms with E-state index in [9.17, 15) is 9.59 Å². The Morgan fingerprint density at radius 2 is 2.00 bits per heavy atom. The van der Waals surface area contributed by atoms with Crippen molar-refractivity contribution < 1.29 is 14.3 Å². The van der Waals surface area contributed by atoms with Gasteiger partial charge in [0.15, 0.2) is 0 Å². The van der Waals surface area contributed by atoms with Crippen molar-refractivity contribution in [2.75, 3.05) is 34.3 Å². The standard InChI is InChI=1S/C15H26N2O3/c1-16-15(19)13-8-5-4-7-12(13)11-20-14(18)9-6-10-17(2)3/h4-5,12-13H,6-11H2,1-3H3,(H,16,19). The minimum absolute atomic E-state index is 0.0306.